The van der Waals surface area contributed by atoms with Crippen molar-refractivity contribution in [2.75, 3.05) is 6.54 Å². The molecule has 18 heavy (non-hydrogen) atoms. The minimum atomic E-state index is -0.156. The van der Waals surface area contributed by atoms with E-state index in [0.29, 0.717) is 17.9 Å². The van der Waals surface area contributed by atoms with Crippen LogP contribution in [-0.4, -0.2) is 23.8 Å². The van der Waals surface area contributed by atoms with Crippen LogP contribution in [0.3, 0.4) is 0 Å². The molecule has 98 valence electrons. The summed E-state index contributed by atoms with van der Waals surface area (Å²) in [5, 5.41) is 12.8. The van der Waals surface area contributed by atoms with Gasteiger partial charge in [0.2, 0.25) is 0 Å². The van der Waals surface area contributed by atoms with Gasteiger partial charge in [0.15, 0.2) is 0 Å². The molecular formula is C15H20FNO. The van der Waals surface area contributed by atoms with Crippen LogP contribution in [0.2, 0.25) is 0 Å². The molecule has 0 heterocycles. The Balaban J connectivity index is 1.39. The van der Waals surface area contributed by atoms with Crippen LogP contribution in [-0.2, 0) is 0 Å². The number of hydrogen-bond donors (Lipinski definition) is 2. The van der Waals surface area contributed by atoms with Crippen molar-refractivity contribution in [1.82, 2.24) is 5.32 Å². The summed E-state index contributed by atoms with van der Waals surface area (Å²) in [6.07, 6.45) is 4.18. The first kappa shape index (κ1) is 12.1. The lowest BCUT2D eigenvalue weighted by atomic mass is 9.75. The number of rotatable bonds is 4. The topological polar surface area (TPSA) is 32.3 Å². The van der Waals surface area contributed by atoms with Gasteiger partial charge >= 0.3 is 0 Å². The Morgan fingerprint density at radius 2 is 1.78 bits per heavy atom. The smallest absolute Gasteiger partial charge is 0.123 e. The van der Waals surface area contributed by atoms with E-state index in [4.69, 9.17) is 0 Å². The van der Waals surface area contributed by atoms with Crippen molar-refractivity contribution in [3.63, 3.8) is 0 Å². The van der Waals surface area contributed by atoms with E-state index in [0.717, 1.165) is 32.2 Å². The monoisotopic (exact) mass is 249 g/mol. The van der Waals surface area contributed by atoms with Gasteiger partial charge in [-0.05, 0) is 61.8 Å². The molecule has 2 fully saturated rings. The van der Waals surface area contributed by atoms with Crippen LogP contribution in [0.15, 0.2) is 24.3 Å². The Morgan fingerprint density at radius 3 is 2.39 bits per heavy atom. The van der Waals surface area contributed by atoms with Gasteiger partial charge in [0.1, 0.15) is 5.82 Å². The van der Waals surface area contributed by atoms with E-state index in [1.165, 1.54) is 5.56 Å². The van der Waals surface area contributed by atoms with Crippen molar-refractivity contribution in [3.05, 3.63) is 35.6 Å². The minimum Gasteiger partial charge on any atom is -0.393 e. The molecule has 3 rings (SSSR count). The summed E-state index contributed by atoms with van der Waals surface area (Å²) in [4.78, 5) is 0. The summed E-state index contributed by atoms with van der Waals surface area (Å²) in [7, 11) is 0. The first-order valence-corrected chi connectivity index (χ1v) is 6.87. The summed E-state index contributed by atoms with van der Waals surface area (Å²) in [5.74, 6) is 1.11. The SMILES string of the molecule is OC1CC(CNC2CC(c3ccc(F)cc3)C2)C1. The summed E-state index contributed by atoms with van der Waals surface area (Å²) < 4.78 is 12.8. The second-order valence-electron chi connectivity index (χ2n) is 5.82. The second-order valence-corrected chi connectivity index (χ2v) is 5.82. The highest BCUT2D eigenvalue weighted by Gasteiger charge is 2.32. The van der Waals surface area contributed by atoms with Crippen molar-refractivity contribution in [1.29, 1.82) is 0 Å². The number of benzene rings is 1. The zero-order valence-corrected chi connectivity index (χ0v) is 10.5. The first-order chi connectivity index (χ1) is 8.70. The molecule has 2 saturated carbocycles. The predicted octanol–water partition coefficient (Wildman–Crippen LogP) is 2.43. The lowest BCUT2D eigenvalue weighted by Crippen LogP contribution is -2.45. The fourth-order valence-electron chi connectivity index (χ4n) is 2.99. The average molecular weight is 249 g/mol. The molecule has 2 N–H and O–H groups in total. The zero-order chi connectivity index (χ0) is 12.5. The summed E-state index contributed by atoms with van der Waals surface area (Å²) in [6.45, 7) is 1.04. The normalized spacial score (nSPS) is 34.8. The average Bonchev–Trinajstić information content (AvgIpc) is 2.26. The summed E-state index contributed by atoms with van der Waals surface area (Å²) in [5.41, 5.74) is 1.26. The van der Waals surface area contributed by atoms with Crippen molar-refractivity contribution < 1.29 is 9.50 Å². The molecule has 0 aromatic heterocycles. The number of aliphatic hydroxyl groups is 1. The standard InChI is InChI=1S/C15H20FNO/c16-13-3-1-11(2-4-13)12-7-14(8-12)17-9-10-5-15(18)6-10/h1-4,10,12,14-15,17-18H,5-9H2. The van der Waals surface area contributed by atoms with E-state index in [-0.39, 0.29) is 11.9 Å². The summed E-state index contributed by atoms with van der Waals surface area (Å²) >= 11 is 0. The number of nitrogens with one attached hydrogen (secondary N) is 1. The Morgan fingerprint density at radius 1 is 1.11 bits per heavy atom. The van der Waals surface area contributed by atoms with Gasteiger partial charge in [-0.2, -0.15) is 0 Å². The van der Waals surface area contributed by atoms with Crippen LogP contribution < -0.4 is 5.32 Å². The van der Waals surface area contributed by atoms with E-state index < -0.39 is 0 Å². The fourth-order valence-corrected chi connectivity index (χ4v) is 2.99. The maximum absolute atomic E-state index is 12.8. The van der Waals surface area contributed by atoms with Gasteiger partial charge in [0.05, 0.1) is 6.10 Å². The number of halogens is 1. The molecule has 2 aliphatic rings. The van der Waals surface area contributed by atoms with Crippen LogP contribution in [0.1, 0.15) is 37.2 Å². The van der Waals surface area contributed by atoms with Gasteiger partial charge in [-0.1, -0.05) is 12.1 Å². The van der Waals surface area contributed by atoms with Crippen LogP contribution >= 0.6 is 0 Å². The van der Waals surface area contributed by atoms with Gasteiger partial charge in [0, 0.05) is 6.04 Å². The van der Waals surface area contributed by atoms with Crippen molar-refractivity contribution in [2.24, 2.45) is 5.92 Å². The number of aliphatic hydroxyl groups excluding tert-OH is 1. The molecule has 0 bridgehead atoms. The van der Waals surface area contributed by atoms with Gasteiger partial charge in [0.25, 0.3) is 0 Å². The molecule has 0 aliphatic heterocycles. The third kappa shape index (κ3) is 2.57. The summed E-state index contributed by atoms with van der Waals surface area (Å²) in [6, 6.07) is 7.51. The third-order valence-electron chi connectivity index (χ3n) is 4.39. The molecule has 0 radical (unpaired) electrons. The largest absolute Gasteiger partial charge is 0.393 e. The maximum Gasteiger partial charge on any atom is 0.123 e. The van der Waals surface area contributed by atoms with E-state index in [2.05, 4.69) is 5.32 Å². The van der Waals surface area contributed by atoms with E-state index in [1.807, 2.05) is 12.1 Å². The first-order valence-electron chi connectivity index (χ1n) is 6.87. The van der Waals surface area contributed by atoms with E-state index in [9.17, 15) is 9.50 Å². The van der Waals surface area contributed by atoms with Gasteiger partial charge in [-0.15, -0.1) is 0 Å². The van der Waals surface area contributed by atoms with Gasteiger partial charge in [-0.25, -0.2) is 4.39 Å². The molecular weight excluding hydrogens is 229 g/mol. The fraction of sp³-hybridized carbons (Fsp3) is 0.600. The van der Waals surface area contributed by atoms with Crippen molar-refractivity contribution in [3.8, 4) is 0 Å². The Kier molecular flexibility index (Phi) is 3.35. The van der Waals surface area contributed by atoms with Crippen molar-refractivity contribution >= 4 is 0 Å². The molecule has 0 unspecified atom stereocenters. The van der Waals surface area contributed by atoms with Crippen LogP contribution in [0, 0.1) is 11.7 Å². The van der Waals surface area contributed by atoms with Gasteiger partial charge < -0.3 is 10.4 Å². The predicted molar refractivity (Wildman–Crippen MR) is 68.9 cm³/mol. The van der Waals surface area contributed by atoms with Crippen LogP contribution in [0.25, 0.3) is 0 Å². The molecule has 3 heteroatoms. The molecule has 0 saturated heterocycles. The quantitative estimate of drug-likeness (QED) is 0.859. The molecule has 2 aliphatic carbocycles. The second kappa shape index (κ2) is 4.98. The Bertz CT molecular complexity index is 393. The molecule has 0 amide bonds. The van der Waals surface area contributed by atoms with E-state index in [1.54, 1.807) is 12.1 Å². The van der Waals surface area contributed by atoms with Crippen LogP contribution in [0.5, 0.6) is 0 Å². The highest BCUT2D eigenvalue weighted by molar-refractivity contribution is 5.23. The molecule has 2 nitrogen and oxygen atoms in total. The molecule has 0 atom stereocenters. The van der Waals surface area contributed by atoms with Gasteiger partial charge in [-0.3, -0.25) is 0 Å². The molecule has 1 aromatic rings. The Labute approximate surface area is 107 Å². The van der Waals surface area contributed by atoms with Crippen molar-refractivity contribution in [2.45, 2.75) is 43.7 Å². The highest BCUT2D eigenvalue weighted by Crippen LogP contribution is 2.37. The third-order valence-corrected chi connectivity index (χ3v) is 4.39. The lowest BCUT2D eigenvalue weighted by molar-refractivity contribution is 0.0400. The lowest BCUT2D eigenvalue weighted by Gasteiger charge is -2.39. The maximum atomic E-state index is 12.8. The Hall–Kier alpha value is -0.930. The van der Waals surface area contributed by atoms with Crippen LogP contribution in [0.4, 0.5) is 4.39 Å². The number of hydrogen-bond acceptors (Lipinski definition) is 2. The molecule has 1 aromatic carbocycles. The molecule has 0 spiro atoms. The zero-order valence-electron chi connectivity index (χ0n) is 10.5. The van der Waals surface area contributed by atoms with E-state index >= 15 is 0 Å². The highest BCUT2D eigenvalue weighted by atomic mass is 19.1. The minimum absolute atomic E-state index is 0.0508.